The lowest BCUT2D eigenvalue weighted by Crippen LogP contribution is -2.49. The summed E-state index contributed by atoms with van der Waals surface area (Å²) in [6.45, 7) is 6.74. The smallest absolute Gasteiger partial charge is 0.0931 e. The Kier molecular flexibility index (Phi) is 4.44. The van der Waals surface area contributed by atoms with Gasteiger partial charge in [-0.3, -0.25) is 4.90 Å². The Morgan fingerprint density at radius 3 is 2.88 bits per heavy atom. The van der Waals surface area contributed by atoms with E-state index in [1.54, 1.807) is 11.3 Å². The first-order chi connectivity index (χ1) is 8.09. The second kappa shape index (κ2) is 5.67. The molecule has 1 aliphatic heterocycles. The van der Waals surface area contributed by atoms with E-state index in [0.29, 0.717) is 6.04 Å². The number of hydrogen-bond acceptors (Lipinski definition) is 4. The van der Waals surface area contributed by atoms with Crippen molar-refractivity contribution in [3.63, 3.8) is 0 Å². The third-order valence-corrected chi connectivity index (χ3v) is 4.46. The molecule has 2 heterocycles. The highest BCUT2D eigenvalue weighted by Crippen LogP contribution is 2.33. The van der Waals surface area contributed by atoms with Crippen LogP contribution in [0.1, 0.15) is 24.8 Å². The molecular weight excluding hydrogens is 256 g/mol. The van der Waals surface area contributed by atoms with Gasteiger partial charge in [0.1, 0.15) is 0 Å². The van der Waals surface area contributed by atoms with Crippen molar-refractivity contribution < 1.29 is 4.74 Å². The molecule has 3 atom stereocenters. The first-order valence-electron chi connectivity index (χ1n) is 5.94. The molecule has 1 fully saturated rings. The van der Waals surface area contributed by atoms with E-state index in [9.17, 15) is 0 Å². The van der Waals surface area contributed by atoms with Crippen LogP contribution in [0.5, 0.6) is 0 Å². The Bertz CT molecular complexity index is 369. The fourth-order valence-corrected chi connectivity index (χ4v) is 3.66. The van der Waals surface area contributed by atoms with E-state index >= 15 is 0 Å². The van der Waals surface area contributed by atoms with Gasteiger partial charge in [-0.1, -0.05) is 11.6 Å². The first kappa shape index (κ1) is 13.3. The van der Waals surface area contributed by atoms with Crippen LogP contribution in [-0.2, 0) is 4.74 Å². The van der Waals surface area contributed by atoms with Gasteiger partial charge in [-0.25, -0.2) is 0 Å². The van der Waals surface area contributed by atoms with Gasteiger partial charge in [0, 0.05) is 23.5 Å². The summed E-state index contributed by atoms with van der Waals surface area (Å²) >= 11 is 7.64. The molecule has 2 N–H and O–H groups in total. The van der Waals surface area contributed by atoms with E-state index in [1.165, 1.54) is 4.88 Å². The van der Waals surface area contributed by atoms with Crippen LogP contribution in [0.25, 0.3) is 0 Å². The van der Waals surface area contributed by atoms with Gasteiger partial charge >= 0.3 is 0 Å². The predicted octanol–water partition coefficient (Wildman–Crippen LogP) is 2.51. The number of nitrogens with two attached hydrogens (primary N) is 1. The standard InChI is InChI=1S/C12H19ClN2OS/c1-8-7-16-6-5-15(8)12(9(2)14)10-3-4-11(13)17-10/h3-4,8-9,12H,5-7,14H2,1-2H3. The van der Waals surface area contributed by atoms with Crippen LogP contribution in [-0.4, -0.2) is 36.7 Å². The molecule has 1 aromatic rings. The minimum Gasteiger partial charge on any atom is -0.379 e. The average molecular weight is 275 g/mol. The van der Waals surface area contributed by atoms with Crippen LogP contribution >= 0.6 is 22.9 Å². The zero-order chi connectivity index (χ0) is 12.4. The Morgan fingerprint density at radius 1 is 1.59 bits per heavy atom. The Labute approximate surface area is 112 Å². The molecule has 3 unspecified atom stereocenters. The largest absolute Gasteiger partial charge is 0.379 e. The van der Waals surface area contributed by atoms with Crippen molar-refractivity contribution in [1.29, 1.82) is 0 Å². The van der Waals surface area contributed by atoms with Crippen molar-refractivity contribution >= 4 is 22.9 Å². The Morgan fingerprint density at radius 2 is 2.35 bits per heavy atom. The molecule has 17 heavy (non-hydrogen) atoms. The molecule has 2 rings (SSSR count). The van der Waals surface area contributed by atoms with Crippen molar-refractivity contribution in [2.24, 2.45) is 5.73 Å². The van der Waals surface area contributed by atoms with Gasteiger partial charge in [-0.05, 0) is 26.0 Å². The summed E-state index contributed by atoms with van der Waals surface area (Å²) in [5.74, 6) is 0. The lowest BCUT2D eigenvalue weighted by molar-refractivity contribution is -0.0261. The molecule has 1 saturated heterocycles. The number of nitrogens with zero attached hydrogens (tertiary/aromatic N) is 1. The van der Waals surface area contributed by atoms with Crippen molar-refractivity contribution in [3.05, 3.63) is 21.3 Å². The zero-order valence-corrected chi connectivity index (χ0v) is 11.8. The van der Waals surface area contributed by atoms with E-state index in [2.05, 4.69) is 24.8 Å². The zero-order valence-electron chi connectivity index (χ0n) is 10.2. The average Bonchev–Trinajstić information content (AvgIpc) is 2.68. The fourth-order valence-electron chi connectivity index (χ4n) is 2.37. The summed E-state index contributed by atoms with van der Waals surface area (Å²) in [7, 11) is 0. The van der Waals surface area contributed by atoms with Crippen LogP contribution in [0.3, 0.4) is 0 Å². The van der Waals surface area contributed by atoms with Crippen molar-refractivity contribution in [2.45, 2.75) is 32.0 Å². The van der Waals surface area contributed by atoms with Gasteiger partial charge in [-0.15, -0.1) is 11.3 Å². The van der Waals surface area contributed by atoms with E-state index < -0.39 is 0 Å². The molecule has 1 aliphatic rings. The molecule has 0 aliphatic carbocycles. The van der Waals surface area contributed by atoms with Gasteiger partial charge in [0.15, 0.2) is 0 Å². The minimum atomic E-state index is 0.0882. The first-order valence-corrected chi connectivity index (χ1v) is 7.13. The van der Waals surface area contributed by atoms with E-state index in [1.807, 2.05) is 6.07 Å². The summed E-state index contributed by atoms with van der Waals surface area (Å²) in [4.78, 5) is 3.68. The molecule has 3 nitrogen and oxygen atoms in total. The predicted molar refractivity (Wildman–Crippen MR) is 72.7 cm³/mol. The van der Waals surface area contributed by atoms with Crippen LogP contribution in [0.4, 0.5) is 0 Å². The Hall–Kier alpha value is -0.130. The van der Waals surface area contributed by atoms with E-state index in [4.69, 9.17) is 22.1 Å². The van der Waals surface area contributed by atoms with Crippen LogP contribution in [0.15, 0.2) is 12.1 Å². The lowest BCUT2D eigenvalue weighted by atomic mass is 10.0. The molecule has 1 aromatic heterocycles. The monoisotopic (exact) mass is 274 g/mol. The summed E-state index contributed by atoms with van der Waals surface area (Å²) in [5, 5.41) is 0. The summed E-state index contributed by atoms with van der Waals surface area (Å²) in [6, 6.07) is 4.77. The quantitative estimate of drug-likeness (QED) is 0.920. The summed E-state index contributed by atoms with van der Waals surface area (Å²) < 4.78 is 6.30. The highest BCUT2D eigenvalue weighted by atomic mass is 35.5. The number of ether oxygens (including phenoxy) is 1. The van der Waals surface area contributed by atoms with Crippen LogP contribution in [0, 0.1) is 0 Å². The number of thiophene rings is 1. The maximum absolute atomic E-state index is 6.15. The normalized spacial score (nSPS) is 25.8. The third kappa shape index (κ3) is 3.01. The fraction of sp³-hybridized carbons (Fsp3) is 0.667. The molecular formula is C12H19ClN2OS. The van der Waals surface area contributed by atoms with Crippen LogP contribution in [0.2, 0.25) is 4.34 Å². The number of hydrogen-bond donors (Lipinski definition) is 1. The number of morpholine rings is 1. The number of rotatable bonds is 3. The SMILES string of the molecule is CC(N)C(c1ccc(Cl)s1)N1CCOCC1C. The second-order valence-electron chi connectivity index (χ2n) is 4.61. The second-order valence-corrected chi connectivity index (χ2v) is 6.35. The number of halogens is 1. The summed E-state index contributed by atoms with van der Waals surface area (Å²) in [5.41, 5.74) is 6.15. The third-order valence-electron chi connectivity index (χ3n) is 3.16. The molecule has 0 spiro atoms. The van der Waals surface area contributed by atoms with Crippen LogP contribution < -0.4 is 5.73 Å². The lowest BCUT2D eigenvalue weighted by Gasteiger charge is -2.40. The maximum Gasteiger partial charge on any atom is 0.0931 e. The van der Waals surface area contributed by atoms with E-state index in [-0.39, 0.29) is 12.1 Å². The molecule has 0 bridgehead atoms. The molecule has 5 heteroatoms. The van der Waals surface area contributed by atoms with Gasteiger partial charge in [0.2, 0.25) is 0 Å². The van der Waals surface area contributed by atoms with Crippen molar-refractivity contribution in [1.82, 2.24) is 4.90 Å². The van der Waals surface area contributed by atoms with Crippen molar-refractivity contribution in [2.75, 3.05) is 19.8 Å². The maximum atomic E-state index is 6.15. The topological polar surface area (TPSA) is 38.5 Å². The summed E-state index contributed by atoms with van der Waals surface area (Å²) in [6.07, 6.45) is 0. The molecule has 96 valence electrons. The van der Waals surface area contributed by atoms with Crippen molar-refractivity contribution in [3.8, 4) is 0 Å². The molecule has 0 aromatic carbocycles. The highest BCUT2D eigenvalue weighted by molar-refractivity contribution is 7.16. The van der Waals surface area contributed by atoms with Gasteiger partial charge in [0.05, 0.1) is 23.6 Å². The molecule has 0 radical (unpaired) electrons. The van der Waals surface area contributed by atoms with E-state index in [0.717, 1.165) is 24.1 Å². The van der Waals surface area contributed by atoms with Gasteiger partial charge in [0.25, 0.3) is 0 Å². The Balaban J connectivity index is 2.22. The minimum absolute atomic E-state index is 0.0882. The molecule has 0 saturated carbocycles. The van der Waals surface area contributed by atoms with Gasteiger partial charge in [-0.2, -0.15) is 0 Å². The molecule has 0 amide bonds. The highest BCUT2D eigenvalue weighted by Gasteiger charge is 2.31. The van der Waals surface area contributed by atoms with Gasteiger partial charge < -0.3 is 10.5 Å².